The number of hydrogen-bond acceptors (Lipinski definition) is 3. The number of aromatic nitrogens is 3. The highest BCUT2D eigenvalue weighted by molar-refractivity contribution is 6.05. The van der Waals surface area contributed by atoms with E-state index in [0.29, 0.717) is 28.0 Å². The molecule has 0 saturated heterocycles. The molecular weight excluding hydrogens is 371 g/mol. The Balaban J connectivity index is 1.52. The van der Waals surface area contributed by atoms with Crippen LogP contribution in [0, 0.1) is 5.82 Å². The van der Waals surface area contributed by atoms with Gasteiger partial charge in [-0.3, -0.25) is 9.59 Å². The number of benzene rings is 2. The Morgan fingerprint density at radius 2 is 2.00 bits per heavy atom. The topological polar surface area (TPSA) is 79.8 Å². The van der Waals surface area contributed by atoms with Crippen molar-refractivity contribution in [1.29, 1.82) is 0 Å². The number of H-pyrrole nitrogens is 1. The predicted molar refractivity (Wildman–Crippen MR) is 108 cm³/mol. The van der Waals surface area contributed by atoms with Crippen LogP contribution in [-0.4, -0.2) is 20.7 Å². The highest BCUT2D eigenvalue weighted by Crippen LogP contribution is 2.29. The SMILES string of the molecule is O=C(Nc1ccc2c(=O)cc[nH]c2c1)c1nn(-c2ccccc2F)c2c1CCC2. The van der Waals surface area contributed by atoms with Gasteiger partial charge in [-0.25, -0.2) is 9.07 Å². The fraction of sp³-hybridized carbons (Fsp3) is 0.136. The number of para-hydroxylation sites is 1. The molecule has 2 heterocycles. The van der Waals surface area contributed by atoms with Crippen molar-refractivity contribution in [3.63, 3.8) is 0 Å². The summed E-state index contributed by atoms with van der Waals surface area (Å²) in [6, 6.07) is 12.9. The van der Waals surface area contributed by atoms with Gasteiger partial charge in [0.15, 0.2) is 11.1 Å². The van der Waals surface area contributed by atoms with Gasteiger partial charge < -0.3 is 10.3 Å². The van der Waals surface area contributed by atoms with E-state index in [1.807, 2.05) is 0 Å². The second kappa shape index (κ2) is 6.70. The molecule has 2 aromatic carbocycles. The molecule has 2 aromatic heterocycles. The van der Waals surface area contributed by atoms with Crippen LogP contribution in [0.15, 0.2) is 59.5 Å². The molecule has 0 atom stereocenters. The van der Waals surface area contributed by atoms with E-state index in [-0.39, 0.29) is 17.2 Å². The van der Waals surface area contributed by atoms with E-state index in [1.165, 1.54) is 12.1 Å². The van der Waals surface area contributed by atoms with Gasteiger partial charge in [-0.15, -0.1) is 0 Å². The summed E-state index contributed by atoms with van der Waals surface area (Å²) < 4.78 is 15.8. The van der Waals surface area contributed by atoms with Crippen LogP contribution in [0.1, 0.15) is 28.2 Å². The summed E-state index contributed by atoms with van der Waals surface area (Å²) in [5.41, 5.74) is 3.49. The Morgan fingerprint density at radius 3 is 2.86 bits per heavy atom. The Morgan fingerprint density at radius 1 is 1.14 bits per heavy atom. The molecule has 5 rings (SSSR count). The monoisotopic (exact) mass is 388 g/mol. The largest absolute Gasteiger partial charge is 0.361 e. The lowest BCUT2D eigenvalue weighted by molar-refractivity contribution is 0.102. The van der Waals surface area contributed by atoms with Gasteiger partial charge in [0.25, 0.3) is 5.91 Å². The lowest BCUT2D eigenvalue weighted by Gasteiger charge is -2.07. The maximum absolute atomic E-state index is 14.3. The number of amides is 1. The van der Waals surface area contributed by atoms with Crippen LogP contribution in [0.4, 0.5) is 10.1 Å². The number of carbonyl (C=O) groups excluding carboxylic acids is 1. The number of anilines is 1. The average molecular weight is 388 g/mol. The van der Waals surface area contributed by atoms with Crippen molar-refractivity contribution >= 4 is 22.5 Å². The molecule has 144 valence electrons. The van der Waals surface area contributed by atoms with E-state index in [9.17, 15) is 14.0 Å². The van der Waals surface area contributed by atoms with E-state index >= 15 is 0 Å². The summed E-state index contributed by atoms with van der Waals surface area (Å²) in [7, 11) is 0. The number of pyridine rings is 1. The number of nitrogens with one attached hydrogen (secondary N) is 2. The van der Waals surface area contributed by atoms with Crippen molar-refractivity contribution in [2.24, 2.45) is 0 Å². The van der Waals surface area contributed by atoms with E-state index < -0.39 is 0 Å². The summed E-state index contributed by atoms with van der Waals surface area (Å²) >= 11 is 0. The van der Waals surface area contributed by atoms with E-state index in [4.69, 9.17) is 0 Å². The quantitative estimate of drug-likeness (QED) is 0.563. The Labute approximate surface area is 165 Å². The minimum absolute atomic E-state index is 0.0851. The smallest absolute Gasteiger partial charge is 0.276 e. The van der Waals surface area contributed by atoms with Gasteiger partial charge in [0, 0.05) is 34.6 Å². The lowest BCUT2D eigenvalue weighted by atomic mass is 10.1. The first-order valence-corrected chi connectivity index (χ1v) is 9.40. The first-order chi connectivity index (χ1) is 14.1. The van der Waals surface area contributed by atoms with Crippen LogP contribution in [0.25, 0.3) is 16.6 Å². The first-order valence-electron chi connectivity index (χ1n) is 9.40. The Hall–Kier alpha value is -3.74. The fourth-order valence-electron chi connectivity index (χ4n) is 3.89. The number of carbonyl (C=O) groups is 1. The molecule has 0 fully saturated rings. The summed E-state index contributed by atoms with van der Waals surface area (Å²) in [5, 5.41) is 7.84. The molecule has 2 N–H and O–H groups in total. The zero-order chi connectivity index (χ0) is 20.0. The summed E-state index contributed by atoms with van der Waals surface area (Å²) in [4.78, 5) is 27.8. The van der Waals surface area contributed by atoms with Crippen LogP contribution in [0.5, 0.6) is 0 Å². The molecule has 29 heavy (non-hydrogen) atoms. The average Bonchev–Trinajstić information content (AvgIpc) is 3.31. The van der Waals surface area contributed by atoms with Gasteiger partial charge in [-0.1, -0.05) is 12.1 Å². The van der Waals surface area contributed by atoms with Gasteiger partial charge in [0.1, 0.15) is 11.5 Å². The summed E-state index contributed by atoms with van der Waals surface area (Å²) in [6.07, 6.45) is 3.96. The molecular formula is C22H17FN4O2. The molecule has 1 amide bonds. The maximum Gasteiger partial charge on any atom is 0.276 e. The molecule has 7 heteroatoms. The van der Waals surface area contributed by atoms with Crippen LogP contribution in [0.2, 0.25) is 0 Å². The van der Waals surface area contributed by atoms with Crippen LogP contribution < -0.4 is 10.7 Å². The number of halogens is 1. The van der Waals surface area contributed by atoms with Gasteiger partial charge in [-0.05, 0) is 49.6 Å². The minimum Gasteiger partial charge on any atom is -0.361 e. The van der Waals surface area contributed by atoms with Crippen LogP contribution in [0.3, 0.4) is 0 Å². The van der Waals surface area contributed by atoms with Crippen molar-refractivity contribution in [3.05, 3.63) is 87.7 Å². The normalized spacial score (nSPS) is 12.9. The molecule has 0 aliphatic heterocycles. The standard InChI is InChI=1S/C22H17FN4O2/c23-16-5-1-2-6-19(16)27-18-7-3-4-15(18)21(26-27)22(29)25-13-8-9-14-17(12-13)24-11-10-20(14)28/h1-2,5-6,8-12H,3-4,7H2,(H,24,28)(H,25,29). The van der Waals surface area contributed by atoms with E-state index in [1.54, 1.807) is 47.3 Å². The highest BCUT2D eigenvalue weighted by atomic mass is 19.1. The van der Waals surface area contributed by atoms with Crippen molar-refractivity contribution < 1.29 is 9.18 Å². The molecule has 0 radical (unpaired) electrons. The van der Waals surface area contributed by atoms with Gasteiger partial charge in [0.05, 0.1) is 5.52 Å². The third-order valence-corrected chi connectivity index (χ3v) is 5.24. The highest BCUT2D eigenvalue weighted by Gasteiger charge is 2.27. The van der Waals surface area contributed by atoms with Crippen LogP contribution >= 0.6 is 0 Å². The van der Waals surface area contributed by atoms with Gasteiger partial charge in [-0.2, -0.15) is 5.10 Å². The van der Waals surface area contributed by atoms with Crippen molar-refractivity contribution in [2.75, 3.05) is 5.32 Å². The molecule has 0 unspecified atom stereocenters. The maximum atomic E-state index is 14.3. The van der Waals surface area contributed by atoms with Crippen molar-refractivity contribution in [3.8, 4) is 5.69 Å². The number of nitrogens with zero attached hydrogens (tertiary/aromatic N) is 2. The van der Waals surface area contributed by atoms with Gasteiger partial charge >= 0.3 is 0 Å². The number of rotatable bonds is 3. The Bertz CT molecular complexity index is 1320. The molecule has 0 spiro atoms. The number of hydrogen-bond donors (Lipinski definition) is 2. The van der Waals surface area contributed by atoms with Crippen molar-refractivity contribution in [1.82, 2.24) is 14.8 Å². The van der Waals surface area contributed by atoms with Crippen LogP contribution in [-0.2, 0) is 12.8 Å². The molecule has 6 nitrogen and oxygen atoms in total. The molecule has 0 bridgehead atoms. The molecule has 1 aliphatic carbocycles. The van der Waals surface area contributed by atoms with Gasteiger partial charge in [0.2, 0.25) is 0 Å². The fourth-order valence-corrected chi connectivity index (χ4v) is 3.89. The zero-order valence-electron chi connectivity index (χ0n) is 15.4. The van der Waals surface area contributed by atoms with Crippen molar-refractivity contribution in [2.45, 2.75) is 19.3 Å². The predicted octanol–water partition coefficient (Wildman–Crippen LogP) is 3.59. The molecule has 0 saturated carbocycles. The summed E-state index contributed by atoms with van der Waals surface area (Å²) in [6.45, 7) is 0. The molecule has 4 aromatic rings. The first kappa shape index (κ1) is 17.4. The number of fused-ring (bicyclic) bond motifs is 2. The minimum atomic E-state index is -0.379. The van der Waals surface area contributed by atoms with E-state index in [0.717, 1.165) is 30.5 Å². The second-order valence-corrected chi connectivity index (χ2v) is 7.05. The third kappa shape index (κ3) is 2.91. The Kier molecular flexibility index (Phi) is 4.01. The summed E-state index contributed by atoms with van der Waals surface area (Å²) in [5.74, 6) is -0.731. The zero-order valence-corrected chi connectivity index (χ0v) is 15.4. The molecule has 1 aliphatic rings. The number of aromatic amines is 1. The third-order valence-electron chi connectivity index (χ3n) is 5.24. The van der Waals surface area contributed by atoms with E-state index in [2.05, 4.69) is 15.4 Å². The lowest BCUT2D eigenvalue weighted by Crippen LogP contribution is -2.15. The second-order valence-electron chi connectivity index (χ2n) is 7.05.